The molecule has 0 N–H and O–H groups in total. The summed E-state index contributed by atoms with van der Waals surface area (Å²) in [6.45, 7) is 17.4. The largest absolute Gasteiger partial charge is 0.464 e. The van der Waals surface area contributed by atoms with Gasteiger partial charge in [-0.25, -0.2) is 4.79 Å². The molecule has 1 heterocycles. The Hall–Kier alpha value is -1.55. The smallest absolute Gasteiger partial charge is 0.379 e. The molecule has 4 nitrogen and oxygen atoms in total. The molecule has 0 saturated carbocycles. The highest BCUT2D eigenvalue weighted by Gasteiger charge is 2.54. The lowest BCUT2D eigenvalue weighted by atomic mass is 9.74. The van der Waals surface area contributed by atoms with Gasteiger partial charge in [0.15, 0.2) is 0 Å². The van der Waals surface area contributed by atoms with Crippen molar-refractivity contribution in [3.8, 4) is 5.75 Å². The Bertz CT molecular complexity index is 698. The first-order valence-electron chi connectivity index (χ1n) is 11.1. The molecule has 4 heteroatoms. The van der Waals surface area contributed by atoms with Crippen molar-refractivity contribution in [2.75, 3.05) is 7.11 Å². The maximum atomic E-state index is 13.0. The fraction of sp³-hybridized carbons (Fsp3) is 0.720. The van der Waals surface area contributed by atoms with Gasteiger partial charge in [-0.15, -0.1) is 0 Å². The van der Waals surface area contributed by atoms with E-state index in [-0.39, 0.29) is 17.9 Å². The summed E-state index contributed by atoms with van der Waals surface area (Å²) in [5.41, 5.74) is 2.16. The lowest BCUT2D eigenvalue weighted by Gasteiger charge is -2.47. The number of hydrogen-bond acceptors (Lipinski definition) is 4. The predicted molar refractivity (Wildman–Crippen MR) is 117 cm³/mol. The molecule has 29 heavy (non-hydrogen) atoms. The van der Waals surface area contributed by atoms with Crippen molar-refractivity contribution in [3.63, 3.8) is 0 Å². The highest BCUT2D eigenvalue weighted by molar-refractivity contribution is 5.78. The van der Waals surface area contributed by atoms with Crippen molar-refractivity contribution in [1.82, 2.24) is 0 Å². The van der Waals surface area contributed by atoms with E-state index in [0.717, 1.165) is 17.5 Å². The van der Waals surface area contributed by atoms with Gasteiger partial charge in [-0.1, -0.05) is 67.0 Å². The van der Waals surface area contributed by atoms with E-state index >= 15 is 0 Å². The molecule has 0 aliphatic carbocycles. The Morgan fingerprint density at radius 1 is 1.24 bits per heavy atom. The van der Waals surface area contributed by atoms with Crippen LogP contribution in [0, 0.1) is 30.6 Å². The van der Waals surface area contributed by atoms with Crippen molar-refractivity contribution in [2.24, 2.45) is 23.7 Å². The van der Waals surface area contributed by atoms with E-state index in [9.17, 15) is 4.79 Å². The first-order valence-corrected chi connectivity index (χ1v) is 11.1. The van der Waals surface area contributed by atoms with Gasteiger partial charge in [0, 0.05) is 6.42 Å². The van der Waals surface area contributed by atoms with Crippen LogP contribution in [-0.4, -0.2) is 25.0 Å². The Morgan fingerprint density at radius 2 is 1.90 bits per heavy atom. The maximum Gasteiger partial charge on any atom is 0.379 e. The fourth-order valence-electron chi connectivity index (χ4n) is 4.37. The van der Waals surface area contributed by atoms with Gasteiger partial charge in [0.25, 0.3) is 0 Å². The molecule has 1 aliphatic heterocycles. The SMILES string of the molecule is CCC(C)C(C)C1OC(Oc2cc(C)ccc2C(C)C)(C(=O)OC)CC(C)C1C. The number of carbonyl (C=O) groups is 1. The van der Waals surface area contributed by atoms with Crippen molar-refractivity contribution in [2.45, 2.75) is 86.0 Å². The average Bonchev–Trinajstić information content (AvgIpc) is 2.68. The third-order valence-electron chi connectivity index (χ3n) is 6.95. The van der Waals surface area contributed by atoms with Crippen molar-refractivity contribution < 1.29 is 19.0 Å². The predicted octanol–water partition coefficient (Wildman–Crippen LogP) is 6.11. The lowest BCUT2D eigenvalue weighted by molar-refractivity contribution is -0.274. The minimum Gasteiger partial charge on any atom is -0.464 e. The standard InChI is InChI=1S/C25H40O4/c1-10-17(5)19(7)23-20(8)18(6)14-25(29-23,24(26)27-9)28-22-13-16(4)11-12-21(22)15(2)3/h11-13,15,17-20,23H,10,14H2,1-9H3. The van der Waals surface area contributed by atoms with Crippen LogP contribution < -0.4 is 4.74 Å². The molecule has 1 fully saturated rings. The summed E-state index contributed by atoms with van der Waals surface area (Å²) in [5, 5.41) is 0. The molecule has 6 atom stereocenters. The van der Waals surface area contributed by atoms with Gasteiger partial charge in [-0.2, -0.15) is 0 Å². The third kappa shape index (κ3) is 4.96. The minimum absolute atomic E-state index is 0.0693. The normalized spacial score (nSPS) is 29.4. The van der Waals surface area contributed by atoms with Gasteiger partial charge >= 0.3 is 11.8 Å². The molecular formula is C25H40O4. The molecular weight excluding hydrogens is 364 g/mol. The number of hydrogen-bond donors (Lipinski definition) is 0. The topological polar surface area (TPSA) is 44.8 Å². The molecule has 2 rings (SSSR count). The van der Waals surface area contributed by atoms with Crippen LogP contribution in [0.5, 0.6) is 5.75 Å². The Labute approximate surface area is 177 Å². The zero-order valence-corrected chi connectivity index (χ0v) is 19.7. The second kappa shape index (κ2) is 9.51. The molecule has 1 aromatic rings. The van der Waals surface area contributed by atoms with Crippen LogP contribution in [0.4, 0.5) is 0 Å². The van der Waals surface area contributed by atoms with Gasteiger partial charge in [0.05, 0.1) is 13.2 Å². The van der Waals surface area contributed by atoms with E-state index in [1.54, 1.807) is 0 Å². The van der Waals surface area contributed by atoms with E-state index in [4.69, 9.17) is 14.2 Å². The van der Waals surface area contributed by atoms with E-state index in [0.29, 0.717) is 29.9 Å². The first-order chi connectivity index (χ1) is 13.6. The molecule has 1 saturated heterocycles. The minimum atomic E-state index is -1.41. The van der Waals surface area contributed by atoms with Crippen LogP contribution in [0.2, 0.25) is 0 Å². The highest BCUT2D eigenvalue weighted by Crippen LogP contribution is 2.44. The first kappa shape index (κ1) is 23.7. The third-order valence-corrected chi connectivity index (χ3v) is 6.95. The Morgan fingerprint density at radius 3 is 2.45 bits per heavy atom. The van der Waals surface area contributed by atoms with E-state index in [1.807, 2.05) is 13.0 Å². The summed E-state index contributed by atoms with van der Waals surface area (Å²) in [6.07, 6.45) is 1.49. The van der Waals surface area contributed by atoms with Gasteiger partial charge < -0.3 is 14.2 Å². The zero-order chi connectivity index (χ0) is 21.9. The van der Waals surface area contributed by atoms with E-state index in [2.05, 4.69) is 60.6 Å². The molecule has 0 amide bonds. The van der Waals surface area contributed by atoms with Crippen LogP contribution in [0.1, 0.15) is 78.4 Å². The summed E-state index contributed by atoms with van der Waals surface area (Å²) in [6, 6.07) is 6.15. The number of aryl methyl sites for hydroxylation is 1. The second-order valence-corrected chi connectivity index (χ2v) is 9.41. The second-order valence-electron chi connectivity index (χ2n) is 9.41. The van der Waals surface area contributed by atoms with Crippen molar-refractivity contribution in [1.29, 1.82) is 0 Å². The van der Waals surface area contributed by atoms with Gasteiger partial charge in [0.1, 0.15) is 5.75 Å². The van der Waals surface area contributed by atoms with Crippen LogP contribution in [0.3, 0.4) is 0 Å². The van der Waals surface area contributed by atoms with E-state index in [1.165, 1.54) is 7.11 Å². The summed E-state index contributed by atoms with van der Waals surface area (Å²) in [5.74, 6) is 0.533. The van der Waals surface area contributed by atoms with Crippen LogP contribution in [0.15, 0.2) is 18.2 Å². The quantitative estimate of drug-likeness (QED) is 0.514. The van der Waals surface area contributed by atoms with Crippen LogP contribution in [-0.2, 0) is 14.3 Å². The monoisotopic (exact) mass is 404 g/mol. The number of rotatable bonds is 7. The lowest BCUT2D eigenvalue weighted by Crippen LogP contribution is -2.58. The fourth-order valence-corrected chi connectivity index (χ4v) is 4.37. The number of esters is 1. The summed E-state index contributed by atoms with van der Waals surface area (Å²) < 4.78 is 18.3. The zero-order valence-electron chi connectivity index (χ0n) is 19.7. The summed E-state index contributed by atoms with van der Waals surface area (Å²) >= 11 is 0. The van der Waals surface area contributed by atoms with Gasteiger partial charge in [-0.05, 0) is 53.7 Å². The molecule has 1 aromatic carbocycles. The van der Waals surface area contributed by atoms with E-state index < -0.39 is 11.8 Å². The Balaban J connectivity index is 2.50. The molecule has 0 bridgehead atoms. The number of methoxy groups -OCH3 is 1. The van der Waals surface area contributed by atoms with Crippen LogP contribution >= 0.6 is 0 Å². The van der Waals surface area contributed by atoms with Crippen molar-refractivity contribution in [3.05, 3.63) is 29.3 Å². The van der Waals surface area contributed by atoms with Crippen LogP contribution in [0.25, 0.3) is 0 Å². The number of ether oxygens (including phenoxy) is 3. The average molecular weight is 405 g/mol. The number of carbonyl (C=O) groups excluding carboxylic acids is 1. The molecule has 6 unspecified atom stereocenters. The van der Waals surface area contributed by atoms with Gasteiger partial charge in [0.2, 0.25) is 0 Å². The van der Waals surface area contributed by atoms with Gasteiger partial charge in [-0.3, -0.25) is 0 Å². The molecule has 0 radical (unpaired) electrons. The maximum absolute atomic E-state index is 13.0. The summed E-state index contributed by atoms with van der Waals surface area (Å²) in [7, 11) is 1.41. The Kier molecular flexibility index (Phi) is 7.78. The molecule has 0 spiro atoms. The number of benzene rings is 1. The molecule has 1 aliphatic rings. The van der Waals surface area contributed by atoms with Crippen molar-refractivity contribution >= 4 is 5.97 Å². The highest BCUT2D eigenvalue weighted by atomic mass is 16.7. The summed E-state index contributed by atoms with van der Waals surface area (Å²) in [4.78, 5) is 13.0. The molecule has 0 aromatic heterocycles. The molecule has 164 valence electrons.